The third-order valence-corrected chi connectivity index (χ3v) is 5.54. The van der Waals surface area contributed by atoms with Crippen LogP contribution in [0.2, 0.25) is 0 Å². The molecule has 0 fully saturated rings. The van der Waals surface area contributed by atoms with Crippen LogP contribution in [0.1, 0.15) is 27.0 Å². The first kappa shape index (κ1) is 20.1. The molecule has 162 valence electrons. The second-order valence-electron chi connectivity index (χ2n) is 7.59. The van der Waals surface area contributed by atoms with Gasteiger partial charge in [-0.2, -0.15) is 0 Å². The lowest BCUT2D eigenvalue weighted by Gasteiger charge is -2.29. The summed E-state index contributed by atoms with van der Waals surface area (Å²) in [7, 11) is 3.17. The van der Waals surface area contributed by atoms with Gasteiger partial charge < -0.3 is 18.9 Å². The van der Waals surface area contributed by atoms with E-state index in [9.17, 15) is 4.79 Å². The zero-order valence-corrected chi connectivity index (χ0v) is 17.8. The Morgan fingerprint density at radius 3 is 2.84 bits per heavy atom. The molecule has 5 rings (SSSR count). The van der Waals surface area contributed by atoms with E-state index in [4.69, 9.17) is 18.9 Å². The molecule has 3 heterocycles. The number of ketones is 1. The Kier molecular flexibility index (Phi) is 5.25. The predicted molar refractivity (Wildman–Crippen MR) is 118 cm³/mol. The molecule has 2 aliphatic heterocycles. The zero-order valence-electron chi connectivity index (χ0n) is 17.8. The summed E-state index contributed by atoms with van der Waals surface area (Å²) in [6.45, 7) is 1.76. The Morgan fingerprint density at radius 1 is 1.16 bits per heavy atom. The van der Waals surface area contributed by atoms with Crippen molar-refractivity contribution in [2.45, 2.75) is 13.1 Å². The molecule has 7 heteroatoms. The number of Topliss-reactive ketones (excluding diaryl/α,β-unsaturated/α-hetero) is 1. The monoisotopic (exact) mass is 430 g/mol. The molecule has 32 heavy (non-hydrogen) atoms. The van der Waals surface area contributed by atoms with Gasteiger partial charge in [0.2, 0.25) is 5.78 Å². The van der Waals surface area contributed by atoms with Gasteiger partial charge in [-0.25, -0.2) is 0 Å². The molecular formula is C25H22N2O5. The van der Waals surface area contributed by atoms with Crippen LogP contribution in [-0.2, 0) is 13.1 Å². The highest BCUT2D eigenvalue weighted by atomic mass is 16.5. The Hall–Kier alpha value is -3.84. The van der Waals surface area contributed by atoms with Crippen molar-refractivity contribution < 1.29 is 23.7 Å². The predicted octanol–water partition coefficient (Wildman–Crippen LogP) is 4.07. The molecule has 3 aromatic rings. The summed E-state index contributed by atoms with van der Waals surface area (Å²) in [6, 6.07) is 13.0. The van der Waals surface area contributed by atoms with Crippen LogP contribution < -0.4 is 18.9 Å². The van der Waals surface area contributed by atoms with Crippen molar-refractivity contribution in [2.24, 2.45) is 0 Å². The zero-order chi connectivity index (χ0) is 22.1. The Balaban J connectivity index is 1.44. The van der Waals surface area contributed by atoms with E-state index in [0.29, 0.717) is 42.6 Å². The van der Waals surface area contributed by atoms with E-state index in [1.54, 1.807) is 38.6 Å². The maximum atomic E-state index is 13.1. The number of hydrogen-bond acceptors (Lipinski definition) is 7. The van der Waals surface area contributed by atoms with Crippen molar-refractivity contribution >= 4 is 11.9 Å². The molecule has 0 unspecified atom stereocenters. The smallest absolute Gasteiger partial charge is 0.231 e. The summed E-state index contributed by atoms with van der Waals surface area (Å²) in [5.74, 6) is 2.65. The minimum absolute atomic E-state index is 0.162. The number of carbonyl (C=O) groups excluding carboxylic acids is 1. The van der Waals surface area contributed by atoms with Gasteiger partial charge in [-0.3, -0.25) is 14.7 Å². The SMILES string of the molecule is COc1ccc(C=C2Oc3c(ccc4c3CN(Cc3cccnc3)CO4)C2=O)c(OC)c1. The number of ether oxygens (including phenoxy) is 4. The van der Waals surface area contributed by atoms with E-state index in [1.807, 2.05) is 36.5 Å². The maximum Gasteiger partial charge on any atom is 0.231 e. The molecule has 1 aromatic heterocycles. The van der Waals surface area contributed by atoms with Gasteiger partial charge in [0, 0.05) is 37.1 Å². The summed E-state index contributed by atoms with van der Waals surface area (Å²) >= 11 is 0. The number of aromatic nitrogens is 1. The van der Waals surface area contributed by atoms with E-state index >= 15 is 0 Å². The van der Waals surface area contributed by atoms with Crippen LogP contribution in [0.5, 0.6) is 23.0 Å². The molecule has 0 saturated heterocycles. The molecule has 0 aliphatic carbocycles. The number of methoxy groups -OCH3 is 2. The van der Waals surface area contributed by atoms with Crippen LogP contribution in [0.15, 0.2) is 60.6 Å². The van der Waals surface area contributed by atoms with Gasteiger partial charge in [0.25, 0.3) is 0 Å². The van der Waals surface area contributed by atoms with Gasteiger partial charge in [0.1, 0.15) is 29.7 Å². The van der Waals surface area contributed by atoms with Crippen LogP contribution in [0.25, 0.3) is 6.08 Å². The Labute approximate surface area is 185 Å². The van der Waals surface area contributed by atoms with Crippen molar-refractivity contribution in [1.82, 2.24) is 9.88 Å². The minimum Gasteiger partial charge on any atom is -0.497 e. The fourth-order valence-corrected chi connectivity index (χ4v) is 3.93. The van der Waals surface area contributed by atoms with E-state index in [1.165, 1.54) is 0 Å². The van der Waals surface area contributed by atoms with E-state index in [0.717, 1.165) is 22.4 Å². The number of benzene rings is 2. The lowest BCUT2D eigenvalue weighted by atomic mass is 10.0. The first-order valence-electron chi connectivity index (χ1n) is 10.2. The first-order chi connectivity index (χ1) is 15.7. The molecule has 0 amide bonds. The highest BCUT2D eigenvalue weighted by Gasteiger charge is 2.33. The fraction of sp³-hybridized carbons (Fsp3) is 0.200. The molecular weight excluding hydrogens is 408 g/mol. The van der Waals surface area contributed by atoms with Crippen LogP contribution in [0, 0.1) is 0 Å². The third-order valence-electron chi connectivity index (χ3n) is 5.54. The second-order valence-corrected chi connectivity index (χ2v) is 7.59. The molecule has 2 aromatic carbocycles. The van der Waals surface area contributed by atoms with E-state index in [-0.39, 0.29) is 11.5 Å². The Morgan fingerprint density at radius 2 is 2.06 bits per heavy atom. The van der Waals surface area contributed by atoms with Crippen LogP contribution in [-0.4, -0.2) is 36.6 Å². The van der Waals surface area contributed by atoms with Gasteiger partial charge in [0.05, 0.1) is 25.3 Å². The fourth-order valence-electron chi connectivity index (χ4n) is 3.93. The number of carbonyl (C=O) groups is 1. The van der Waals surface area contributed by atoms with E-state index < -0.39 is 0 Å². The topological polar surface area (TPSA) is 70.1 Å². The lowest BCUT2D eigenvalue weighted by molar-refractivity contribution is 0.0872. The van der Waals surface area contributed by atoms with E-state index in [2.05, 4.69) is 9.88 Å². The van der Waals surface area contributed by atoms with Crippen molar-refractivity contribution in [2.75, 3.05) is 21.0 Å². The third kappa shape index (κ3) is 3.67. The standard InChI is InChI=1S/C25H22N2O5/c1-29-18-6-5-17(22(11-18)30-2)10-23-24(28)19-7-8-21-20(25(19)32-23)14-27(15-31-21)13-16-4-3-9-26-12-16/h3-12H,13-15H2,1-2H3. The van der Waals surface area contributed by atoms with Gasteiger partial charge in [-0.15, -0.1) is 0 Å². The van der Waals surface area contributed by atoms with Crippen molar-refractivity contribution in [3.05, 3.63) is 82.9 Å². The molecule has 0 N–H and O–H groups in total. The van der Waals surface area contributed by atoms with Crippen LogP contribution in [0.4, 0.5) is 0 Å². The summed E-state index contributed by atoms with van der Waals surface area (Å²) in [5.41, 5.74) is 3.23. The number of fused-ring (bicyclic) bond motifs is 3. The number of hydrogen-bond donors (Lipinski definition) is 0. The van der Waals surface area contributed by atoms with Gasteiger partial charge in [0.15, 0.2) is 5.76 Å². The normalized spacial score (nSPS) is 16.2. The highest BCUT2D eigenvalue weighted by molar-refractivity contribution is 6.15. The first-order valence-corrected chi connectivity index (χ1v) is 10.2. The molecule has 0 radical (unpaired) electrons. The Bertz CT molecular complexity index is 1210. The number of nitrogens with zero attached hydrogens (tertiary/aromatic N) is 2. The van der Waals surface area contributed by atoms with Crippen LogP contribution >= 0.6 is 0 Å². The summed E-state index contributed by atoms with van der Waals surface area (Å²) < 4.78 is 22.7. The largest absolute Gasteiger partial charge is 0.497 e. The van der Waals surface area contributed by atoms with Crippen molar-refractivity contribution in [3.8, 4) is 23.0 Å². The molecule has 7 nitrogen and oxygen atoms in total. The summed E-state index contributed by atoms with van der Waals surface area (Å²) in [4.78, 5) is 19.4. The molecule has 0 saturated carbocycles. The van der Waals surface area contributed by atoms with Crippen molar-refractivity contribution in [1.29, 1.82) is 0 Å². The summed E-state index contributed by atoms with van der Waals surface area (Å²) in [5, 5.41) is 0. The highest BCUT2D eigenvalue weighted by Crippen LogP contribution is 2.42. The van der Waals surface area contributed by atoms with Gasteiger partial charge in [-0.05, 0) is 42.0 Å². The maximum absolute atomic E-state index is 13.1. The second kappa shape index (κ2) is 8.36. The summed E-state index contributed by atoms with van der Waals surface area (Å²) in [6.07, 6.45) is 5.29. The molecule has 2 aliphatic rings. The number of rotatable bonds is 5. The van der Waals surface area contributed by atoms with Gasteiger partial charge >= 0.3 is 0 Å². The molecule has 0 bridgehead atoms. The average molecular weight is 430 g/mol. The quantitative estimate of drug-likeness (QED) is 0.565. The number of allylic oxidation sites excluding steroid dienone is 1. The number of pyridine rings is 1. The van der Waals surface area contributed by atoms with Gasteiger partial charge in [-0.1, -0.05) is 6.07 Å². The van der Waals surface area contributed by atoms with Crippen LogP contribution in [0.3, 0.4) is 0 Å². The molecule has 0 atom stereocenters. The minimum atomic E-state index is -0.162. The lowest BCUT2D eigenvalue weighted by Crippen LogP contribution is -2.31. The molecule has 0 spiro atoms. The average Bonchev–Trinajstić information content (AvgIpc) is 3.15. The van der Waals surface area contributed by atoms with Crippen molar-refractivity contribution in [3.63, 3.8) is 0 Å².